The number of carbonyl (C=O) groups excluding carboxylic acids is 1. The first-order valence-electron chi connectivity index (χ1n) is 10.5. The number of carbonyl (C=O) groups is 1. The Morgan fingerprint density at radius 3 is 2.36 bits per heavy atom. The molecule has 7 nitrogen and oxygen atoms in total. The Balaban J connectivity index is 0.000000709. The molecular weight excluding hydrogens is 440 g/mol. The summed E-state index contributed by atoms with van der Waals surface area (Å²) in [5, 5.41) is 4.68. The van der Waals surface area contributed by atoms with E-state index in [1.54, 1.807) is 35.9 Å². The Hall–Kier alpha value is -3.42. The van der Waals surface area contributed by atoms with Gasteiger partial charge in [-0.25, -0.2) is 4.98 Å². The highest BCUT2D eigenvalue weighted by molar-refractivity contribution is 6.35. The number of aldehydes is 1. The van der Waals surface area contributed by atoms with Crippen LogP contribution in [0, 0.1) is 0 Å². The Labute approximate surface area is 197 Å². The third-order valence-electron chi connectivity index (χ3n) is 5.03. The zero-order chi connectivity index (χ0) is 24.0. The van der Waals surface area contributed by atoms with E-state index in [1.165, 1.54) is 0 Å². The highest BCUT2D eigenvalue weighted by Gasteiger charge is 2.18. The molecule has 0 bridgehead atoms. The van der Waals surface area contributed by atoms with Gasteiger partial charge in [-0.05, 0) is 43.3 Å². The number of nitrogens with one attached hydrogen (secondary N) is 1. The average molecular weight is 467 g/mol. The van der Waals surface area contributed by atoms with Crippen LogP contribution in [0.1, 0.15) is 6.92 Å². The molecule has 33 heavy (non-hydrogen) atoms. The second-order valence-electron chi connectivity index (χ2n) is 7.43. The van der Waals surface area contributed by atoms with Crippen LogP contribution >= 0.6 is 11.6 Å². The number of anilines is 3. The lowest BCUT2D eigenvalue weighted by atomic mass is 10.1. The van der Waals surface area contributed by atoms with Crippen LogP contribution in [0.2, 0.25) is 5.02 Å². The maximum absolute atomic E-state index is 13.2. The number of halogens is 1. The lowest BCUT2D eigenvalue weighted by molar-refractivity contribution is -0.108. The molecule has 0 atom stereocenters. The molecule has 0 aliphatic rings. The van der Waals surface area contributed by atoms with E-state index in [0.717, 1.165) is 18.6 Å². The van der Waals surface area contributed by atoms with E-state index in [4.69, 9.17) is 11.6 Å². The van der Waals surface area contributed by atoms with Gasteiger partial charge < -0.3 is 24.3 Å². The van der Waals surface area contributed by atoms with Crippen molar-refractivity contribution < 1.29 is 9.53 Å². The smallest absolute Gasteiger partial charge is 0.198 e. The normalized spacial score (nSPS) is 10.6. The second kappa shape index (κ2) is 10.9. The quantitative estimate of drug-likeness (QED) is 0.323. The van der Waals surface area contributed by atoms with E-state index in [1.807, 2.05) is 56.3 Å². The van der Waals surface area contributed by atoms with Crippen LogP contribution in [0.5, 0.6) is 0 Å². The number of hydrogen-bond acceptors (Lipinski definition) is 6. The van der Waals surface area contributed by atoms with Gasteiger partial charge in [0.25, 0.3) is 0 Å². The summed E-state index contributed by atoms with van der Waals surface area (Å²) in [6.45, 7) is 2.83. The monoisotopic (exact) mass is 466 g/mol. The van der Waals surface area contributed by atoms with Crippen molar-refractivity contribution in [2.75, 3.05) is 38.0 Å². The number of nitrogens with zero attached hydrogens (tertiary/aromatic N) is 3. The Bertz CT molecular complexity index is 1320. The van der Waals surface area contributed by atoms with E-state index < -0.39 is 0 Å². The zero-order valence-corrected chi connectivity index (χ0v) is 19.9. The molecule has 0 amide bonds. The number of para-hydroxylation sites is 1. The van der Waals surface area contributed by atoms with Crippen molar-refractivity contribution in [2.45, 2.75) is 13.5 Å². The van der Waals surface area contributed by atoms with Gasteiger partial charge in [0.1, 0.15) is 17.8 Å². The van der Waals surface area contributed by atoms with E-state index >= 15 is 0 Å². The van der Waals surface area contributed by atoms with Crippen molar-refractivity contribution in [3.63, 3.8) is 0 Å². The van der Waals surface area contributed by atoms with E-state index in [0.29, 0.717) is 38.5 Å². The van der Waals surface area contributed by atoms with E-state index in [-0.39, 0.29) is 12.0 Å². The molecule has 0 aliphatic carbocycles. The summed E-state index contributed by atoms with van der Waals surface area (Å²) in [5.41, 5.74) is 2.43. The number of ether oxygens (including phenoxy) is 1. The number of pyridine rings is 2. The largest absolute Gasteiger partial charge is 0.385 e. The lowest BCUT2D eigenvalue weighted by Crippen LogP contribution is -2.18. The van der Waals surface area contributed by atoms with Gasteiger partial charge in [0.2, 0.25) is 0 Å². The molecule has 4 rings (SSSR count). The number of rotatable bonds is 6. The fourth-order valence-corrected chi connectivity index (χ4v) is 3.83. The highest BCUT2D eigenvalue weighted by atomic mass is 35.5. The Kier molecular flexibility index (Phi) is 8.03. The Morgan fingerprint density at radius 2 is 1.76 bits per heavy atom. The highest BCUT2D eigenvalue weighted by Crippen LogP contribution is 2.34. The maximum Gasteiger partial charge on any atom is 0.198 e. The van der Waals surface area contributed by atoms with Gasteiger partial charge >= 0.3 is 0 Å². The maximum atomic E-state index is 13.2. The summed E-state index contributed by atoms with van der Waals surface area (Å²) in [4.78, 5) is 31.2. The van der Waals surface area contributed by atoms with Crippen LogP contribution in [0.25, 0.3) is 21.9 Å². The molecule has 2 heterocycles. The number of aromatic nitrogens is 2. The van der Waals surface area contributed by atoms with Crippen molar-refractivity contribution in [1.29, 1.82) is 0 Å². The van der Waals surface area contributed by atoms with Crippen LogP contribution in [0.4, 0.5) is 17.2 Å². The summed E-state index contributed by atoms with van der Waals surface area (Å²) >= 11 is 6.43. The molecule has 0 aliphatic heterocycles. The van der Waals surface area contributed by atoms with Gasteiger partial charge in [-0.15, -0.1) is 0 Å². The minimum absolute atomic E-state index is 0.0518. The lowest BCUT2D eigenvalue weighted by Gasteiger charge is -2.21. The molecule has 0 radical (unpaired) electrons. The van der Waals surface area contributed by atoms with Gasteiger partial charge in [0, 0.05) is 38.9 Å². The van der Waals surface area contributed by atoms with Crippen molar-refractivity contribution in [1.82, 2.24) is 9.55 Å². The van der Waals surface area contributed by atoms with Gasteiger partial charge in [0.05, 0.1) is 28.2 Å². The summed E-state index contributed by atoms with van der Waals surface area (Å²) in [6.07, 6.45) is 0.794. The van der Waals surface area contributed by atoms with E-state index in [2.05, 4.69) is 15.0 Å². The standard InChI is InChI=1S/C22H19ClN4O2.C3H8O/c1-26(2)20-17(23)10-8-15-19(20)27(12-13-28)22-16(21(15)29)9-11-18(25-22)24-14-6-4-3-5-7-14;1-3-4-2/h3-11,13H,12H2,1-2H3,(H,24,25);3H2,1-2H3. The molecule has 0 saturated carbocycles. The first-order valence-corrected chi connectivity index (χ1v) is 10.9. The zero-order valence-electron chi connectivity index (χ0n) is 19.1. The average Bonchev–Trinajstić information content (AvgIpc) is 2.82. The third kappa shape index (κ3) is 5.16. The van der Waals surface area contributed by atoms with Crippen LogP contribution < -0.4 is 15.6 Å². The van der Waals surface area contributed by atoms with Gasteiger partial charge in [-0.3, -0.25) is 4.79 Å². The van der Waals surface area contributed by atoms with Crippen molar-refractivity contribution >= 4 is 57.0 Å². The van der Waals surface area contributed by atoms with Crippen LogP contribution in [-0.4, -0.2) is 43.6 Å². The molecule has 0 fully saturated rings. The molecule has 0 saturated heterocycles. The number of fused-ring (bicyclic) bond motifs is 2. The first kappa shape index (κ1) is 24.2. The summed E-state index contributed by atoms with van der Waals surface area (Å²) in [6, 6.07) is 16.5. The summed E-state index contributed by atoms with van der Waals surface area (Å²) in [7, 11) is 5.38. The topological polar surface area (TPSA) is 76.5 Å². The number of methoxy groups -OCH3 is 1. The van der Waals surface area contributed by atoms with Crippen molar-refractivity contribution in [2.24, 2.45) is 0 Å². The van der Waals surface area contributed by atoms with Crippen LogP contribution in [-0.2, 0) is 16.1 Å². The summed E-state index contributed by atoms with van der Waals surface area (Å²) < 4.78 is 6.29. The molecule has 8 heteroatoms. The first-order chi connectivity index (χ1) is 15.9. The van der Waals surface area contributed by atoms with Crippen molar-refractivity contribution in [3.8, 4) is 0 Å². The molecular formula is C25H27ClN4O3. The van der Waals surface area contributed by atoms with Crippen molar-refractivity contribution in [3.05, 3.63) is 69.8 Å². The molecule has 0 spiro atoms. The molecule has 4 aromatic rings. The van der Waals surface area contributed by atoms with E-state index in [9.17, 15) is 9.59 Å². The predicted molar refractivity (Wildman–Crippen MR) is 136 cm³/mol. The third-order valence-corrected chi connectivity index (χ3v) is 5.34. The predicted octanol–water partition coefficient (Wildman–Crippen LogP) is 4.86. The molecule has 172 valence electrons. The molecule has 0 unspecified atom stereocenters. The Morgan fingerprint density at radius 1 is 1.09 bits per heavy atom. The second-order valence-corrected chi connectivity index (χ2v) is 7.84. The molecule has 1 N–H and O–H groups in total. The molecule has 2 aromatic carbocycles. The van der Waals surface area contributed by atoms with Gasteiger partial charge in [-0.1, -0.05) is 29.8 Å². The van der Waals surface area contributed by atoms with Crippen LogP contribution in [0.15, 0.2) is 59.4 Å². The van der Waals surface area contributed by atoms with Gasteiger partial charge in [0.15, 0.2) is 5.43 Å². The van der Waals surface area contributed by atoms with Crippen LogP contribution in [0.3, 0.4) is 0 Å². The SMILES string of the molecule is CCOC.CN(C)c1c(Cl)ccc2c(=O)c3ccc(Nc4ccccc4)nc3n(CC=O)c12. The summed E-state index contributed by atoms with van der Waals surface area (Å²) in [5.74, 6) is 0.579. The minimum Gasteiger partial charge on any atom is -0.385 e. The van der Waals surface area contributed by atoms with Gasteiger partial charge in [-0.2, -0.15) is 0 Å². The number of hydrogen-bond donors (Lipinski definition) is 1. The fraction of sp³-hybridized carbons (Fsp3) is 0.240. The fourth-order valence-electron chi connectivity index (χ4n) is 3.51. The minimum atomic E-state index is -0.143. The number of benzene rings is 2. The molecule has 2 aromatic heterocycles.